The van der Waals surface area contributed by atoms with Crippen molar-refractivity contribution in [3.05, 3.63) is 29.3 Å². The van der Waals surface area contributed by atoms with Crippen LogP contribution in [-0.4, -0.2) is 29.5 Å². The van der Waals surface area contributed by atoms with Gasteiger partial charge in [-0.3, -0.25) is 0 Å². The number of rotatable bonds is 8. The minimum atomic E-state index is -0.0146. The normalized spacial score (nSPS) is 12.3. The number of nitrogens with zero attached hydrogens (tertiary/aromatic N) is 2. The lowest BCUT2D eigenvalue weighted by Gasteiger charge is -2.20. The van der Waals surface area contributed by atoms with E-state index in [-0.39, 0.29) is 6.03 Å². The SMILES string of the molecule is CCCCC(CC)CNC(=O)N(C)Cc1nc2ccccc2s1. The summed E-state index contributed by atoms with van der Waals surface area (Å²) in [5.41, 5.74) is 1.01. The van der Waals surface area contributed by atoms with Crippen LogP contribution in [0.5, 0.6) is 0 Å². The Morgan fingerprint density at radius 3 is 2.83 bits per heavy atom. The van der Waals surface area contributed by atoms with Gasteiger partial charge in [0.1, 0.15) is 5.01 Å². The fourth-order valence-corrected chi connectivity index (χ4v) is 3.59. The molecular weight excluding hydrogens is 306 g/mol. The van der Waals surface area contributed by atoms with Crippen LogP contribution in [-0.2, 0) is 6.54 Å². The topological polar surface area (TPSA) is 45.2 Å². The molecule has 1 heterocycles. The monoisotopic (exact) mass is 333 g/mol. The van der Waals surface area contributed by atoms with Crippen molar-refractivity contribution in [3.8, 4) is 0 Å². The third kappa shape index (κ3) is 5.20. The second-order valence-electron chi connectivity index (χ2n) is 6.03. The number of unbranched alkanes of at least 4 members (excludes halogenated alkanes) is 1. The Labute approximate surface area is 142 Å². The zero-order valence-corrected chi connectivity index (χ0v) is 15.2. The zero-order chi connectivity index (χ0) is 16.7. The van der Waals surface area contributed by atoms with E-state index in [9.17, 15) is 4.79 Å². The lowest BCUT2D eigenvalue weighted by Crippen LogP contribution is -2.39. The summed E-state index contributed by atoms with van der Waals surface area (Å²) in [6, 6.07) is 8.07. The number of carbonyl (C=O) groups is 1. The molecule has 1 atom stereocenters. The molecule has 0 aliphatic heterocycles. The average molecular weight is 334 g/mol. The van der Waals surface area contributed by atoms with Gasteiger partial charge >= 0.3 is 6.03 Å². The van der Waals surface area contributed by atoms with Crippen LogP contribution in [0.4, 0.5) is 4.79 Å². The molecule has 5 heteroatoms. The van der Waals surface area contributed by atoms with Gasteiger partial charge in [-0.2, -0.15) is 0 Å². The van der Waals surface area contributed by atoms with E-state index in [1.807, 2.05) is 25.2 Å². The van der Waals surface area contributed by atoms with Crippen molar-refractivity contribution in [3.63, 3.8) is 0 Å². The minimum Gasteiger partial charge on any atom is -0.338 e. The molecule has 0 bridgehead atoms. The number of thiazole rings is 1. The maximum Gasteiger partial charge on any atom is 0.317 e. The molecule has 1 aromatic heterocycles. The molecule has 1 aromatic carbocycles. The molecular formula is C18H27N3OS. The third-order valence-corrected chi connectivity index (χ3v) is 5.16. The number of carbonyl (C=O) groups excluding carboxylic acids is 1. The Bertz CT molecular complexity index is 593. The number of benzene rings is 1. The van der Waals surface area contributed by atoms with Crippen LogP contribution < -0.4 is 5.32 Å². The van der Waals surface area contributed by atoms with Gasteiger partial charge in [-0.15, -0.1) is 11.3 Å². The first-order chi connectivity index (χ1) is 11.1. The summed E-state index contributed by atoms with van der Waals surface area (Å²) in [7, 11) is 1.83. The summed E-state index contributed by atoms with van der Waals surface area (Å²) in [6.07, 6.45) is 4.74. The number of hydrogen-bond acceptors (Lipinski definition) is 3. The van der Waals surface area contributed by atoms with Crippen LogP contribution in [0.1, 0.15) is 44.5 Å². The number of amides is 2. The second-order valence-corrected chi connectivity index (χ2v) is 7.15. The molecule has 23 heavy (non-hydrogen) atoms. The van der Waals surface area contributed by atoms with Crippen molar-refractivity contribution in [1.82, 2.24) is 15.2 Å². The predicted molar refractivity (Wildman–Crippen MR) is 97.8 cm³/mol. The largest absolute Gasteiger partial charge is 0.338 e. The van der Waals surface area contributed by atoms with Gasteiger partial charge in [0.2, 0.25) is 0 Å². The quantitative estimate of drug-likeness (QED) is 0.764. The van der Waals surface area contributed by atoms with E-state index < -0.39 is 0 Å². The first-order valence-corrected chi connectivity index (χ1v) is 9.29. The van der Waals surface area contributed by atoms with Crippen LogP contribution in [0, 0.1) is 5.92 Å². The van der Waals surface area contributed by atoms with Crippen molar-refractivity contribution in [2.45, 2.75) is 46.1 Å². The Kier molecular flexibility index (Phi) is 6.84. The lowest BCUT2D eigenvalue weighted by atomic mass is 9.99. The smallest absolute Gasteiger partial charge is 0.317 e. The molecule has 0 saturated heterocycles. The van der Waals surface area contributed by atoms with Crippen LogP contribution in [0.15, 0.2) is 24.3 Å². The summed E-state index contributed by atoms with van der Waals surface area (Å²) in [5, 5.41) is 4.03. The molecule has 0 saturated carbocycles. The Morgan fingerprint density at radius 1 is 1.35 bits per heavy atom. The van der Waals surface area contributed by atoms with Crippen LogP contribution in [0.3, 0.4) is 0 Å². The van der Waals surface area contributed by atoms with Crippen molar-refractivity contribution in [1.29, 1.82) is 0 Å². The fourth-order valence-electron chi connectivity index (χ4n) is 2.57. The standard InChI is InChI=1S/C18H27N3OS/c1-4-6-9-14(5-2)12-19-18(22)21(3)13-17-20-15-10-7-8-11-16(15)23-17/h7-8,10-11,14H,4-6,9,12-13H2,1-3H3,(H,19,22). The van der Waals surface area contributed by atoms with E-state index >= 15 is 0 Å². The van der Waals surface area contributed by atoms with Gasteiger partial charge in [-0.1, -0.05) is 45.2 Å². The van der Waals surface area contributed by atoms with Gasteiger partial charge in [0.05, 0.1) is 16.8 Å². The van der Waals surface area contributed by atoms with E-state index in [1.165, 1.54) is 24.0 Å². The lowest BCUT2D eigenvalue weighted by molar-refractivity contribution is 0.204. The highest BCUT2D eigenvalue weighted by molar-refractivity contribution is 7.18. The molecule has 0 aliphatic carbocycles. The predicted octanol–water partition coefficient (Wildman–Crippen LogP) is 4.65. The summed E-state index contributed by atoms with van der Waals surface area (Å²) >= 11 is 1.65. The van der Waals surface area contributed by atoms with Gasteiger partial charge in [-0.05, 0) is 24.5 Å². The Hall–Kier alpha value is -1.62. The van der Waals surface area contributed by atoms with Crippen molar-refractivity contribution < 1.29 is 4.79 Å². The summed E-state index contributed by atoms with van der Waals surface area (Å²) in [5.74, 6) is 0.578. The number of para-hydroxylation sites is 1. The van der Waals surface area contributed by atoms with Crippen LogP contribution in [0.25, 0.3) is 10.2 Å². The fraction of sp³-hybridized carbons (Fsp3) is 0.556. The number of fused-ring (bicyclic) bond motifs is 1. The Balaban J connectivity index is 1.84. The highest BCUT2D eigenvalue weighted by Crippen LogP contribution is 2.22. The van der Waals surface area contributed by atoms with E-state index in [0.717, 1.165) is 23.5 Å². The first kappa shape index (κ1) is 17.7. The van der Waals surface area contributed by atoms with Gasteiger partial charge in [0.25, 0.3) is 0 Å². The molecule has 2 aromatic rings. The Morgan fingerprint density at radius 2 is 2.13 bits per heavy atom. The number of aromatic nitrogens is 1. The highest BCUT2D eigenvalue weighted by atomic mass is 32.1. The molecule has 126 valence electrons. The maximum atomic E-state index is 12.2. The number of urea groups is 1. The van der Waals surface area contributed by atoms with Crippen molar-refractivity contribution >= 4 is 27.6 Å². The van der Waals surface area contributed by atoms with Gasteiger partial charge in [0.15, 0.2) is 0 Å². The van der Waals surface area contributed by atoms with E-state index in [1.54, 1.807) is 16.2 Å². The summed E-state index contributed by atoms with van der Waals surface area (Å²) < 4.78 is 1.17. The van der Waals surface area contributed by atoms with E-state index in [4.69, 9.17) is 0 Å². The first-order valence-electron chi connectivity index (χ1n) is 8.47. The van der Waals surface area contributed by atoms with Crippen LogP contribution in [0.2, 0.25) is 0 Å². The minimum absolute atomic E-state index is 0.0146. The highest BCUT2D eigenvalue weighted by Gasteiger charge is 2.13. The molecule has 2 amide bonds. The van der Waals surface area contributed by atoms with E-state index in [0.29, 0.717) is 12.5 Å². The second kappa shape index (κ2) is 8.87. The molecule has 0 aliphatic rings. The summed E-state index contributed by atoms with van der Waals surface area (Å²) in [4.78, 5) is 18.5. The van der Waals surface area contributed by atoms with E-state index in [2.05, 4.69) is 30.2 Å². The van der Waals surface area contributed by atoms with Gasteiger partial charge < -0.3 is 10.2 Å². The number of hydrogen-bond donors (Lipinski definition) is 1. The third-order valence-electron chi connectivity index (χ3n) is 4.14. The molecule has 1 N–H and O–H groups in total. The van der Waals surface area contributed by atoms with Crippen molar-refractivity contribution in [2.24, 2.45) is 5.92 Å². The summed E-state index contributed by atoms with van der Waals surface area (Å²) in [6.45, 7) is 5.71. The van der Waals surface area contributed by atoms with Crippen LogP contribution >= 0.6 is 11.3 Å². The molecule has 0 spiro atoms. The molecule has 0 radical (unpaired) electrons. The molecule has 1 unspecified atom stereocenters. The zero-order valence-electron chi connectivity index (χ0n) is 14.3. The number of nitrogens with one attached hydrogen (secondary N) is 1. The molecule has 0 fully saturated rings. The van der Waals surface area contributed by atoms with Crippen molar-refractivity contribution in [2.75, 3.05) is 13.6 Å². The average Bonchev–Trinajstić information content (AvgIpc) is 2.96. The van der Waals surface area contributed by atoms with Gasteiger partial charge in [-0.25, -0.2) is 9.78 Å². The molecule has 2 rings (SSSR count). The maximum absolute atomic E-state index is 12.2. The molecule has 4 nitrogen and oxygen atoms in total. The van der Waals surface area contributed by atoms with Gasteiger partial charge in [0, 0.05) is 13.6 Å².